The second-order valence-electron chi connectivity index (χ2n) is 1.45. The van der Waals surface area contributed by atoms with Crippen molar-refractivity contribution < 1.29 is 4.74 Å². The van der Waals surface area contributed by atoms with E-state index in [9.17, 15) is 0 Å². The smallest absolute Gasteiger partial charge is 0.185 e. The molecule has 0 bridgehead atoms. The van der Waals surface area contributed by atoms with E-state index in [4.69, 9.17) is 4.74 Å². The van der Waals surface area contributed by atoms with Crippen molar-refractivity contribution in [3.63, 3.8) is 0 Å². The van der Waals surface area contributed by atoms with Crippen LogP contribution in [-0.2, 0) is 4.74 Å². The van der Waals surface area contributed by atoms with Crippen molar-refractivity contribution in [1.29, 1.82) is 0 Å². The number of ether oxygens (including phenoxy) is 1. The van der Waals surface area contributed by atoms with Crippen molar-refractivity contribution in [3.8, 4) is 0 Å². The summed E-state index contributed by atoms with van der Waals surface area (Å²) in [6.45, 7) is 0.895. The predicted octanol–water partition coefficient (Wildman–Crippen LogP) is -0.119. The summed E-state index contributed by atoms with van der Waals surface area (Å²) in [4.78, 5) is 0. The molecule has 32 valence electrons. The zero-order valence-corrected chi connectivity index (χ0v) is 3.90. The first-order chi connectivity index (χ1) is 2.89. The van der Waals surface area contributed by atoms with Crippen LogP contribution in [0.15, 0.2) is 11.7 Å². The summed E-state index contributed by atoms with van der Waals surface area (Å²) in [6.07, 6.45) is 3.20. The highest BCUT2D eigenvalue weighted by Gasteiger charge is 1.94. The van der Waals surface area contributed by atoms with Gasteiger partial charge in [-0.15, -0.1) is 0 Å². The Morgan fingerprint density at radius 1 is 1.83 bits per heavy atom. The molecule has 0 N–H and O–H groups in total. The van der Waals surface area contributed by atoms with E-state index in [1.165, 1.54) is 0 Å². The maximum atomic E-state index is 5.01. The second-order valence-corrected chi connectivity index (χ2v) is 1.45. The first-order valence-corrected chi connectivity index (χ1v) is 2.19. The third kappa shape index (κ3) is 0.561. The van der Waals surface area contributed by atoms with Crippen molar-refractivity contribution in [3.05, 3.63) is 11.7 Å². The topological polar surface area (TPSA) is 9.23 Å². The molecule has 1 aliphatic rings. The van der Waals surface area contributed by atoms with Crippen molar-refractivity contribution in [2.75, 3.05) is 6.61 Å². The third-order valence-corrected chi connectivity index (χ3v) is 0.879. The van der Waals surface area contributed by atoms with Crippen LogP contribution >= 0.6 is 0 Å². The first kappa shape index (κ1) is 3.78. The highest BCUT2D eigenvalue weighted by molar-refractivity contribution is 6.20. The van der Waals surface area contributed by atoms with Gasteiger partial charge in [-0.3, -0.25) is 0 Å². The molecule has 0 amide bonds. The molecule has 0 aromatic carbocycles. The van der Waals surface area contributed by atoms with Crippen LogP contribution in [-0.4, -0.2) is 14.5 Å². The summed E-state index contributed by atoms with van der Waals surface area (Å²) in [5.41, 5.74) is 1.08. The fraction of sp³-hybridized carbons (Fsp3) is 0.500. The number of hydrogen-bond acceptors (Lipinski definition) is 1. The zero-order valence-electron chi connectivity index (χ0n) is 3.90. The Bertz CT molecular complexity index is 77.6. The molecule has 0 aliphatic carbocycles. The average Bonchev–Trinajstić information content (AvgIpc) is 1.86. The highest BCUT2D eigenvalue weighted by atomic mass is 16.5. The van der Waals surface area contributed by atoms with E-state index in [1.807, 2.05) is 7.85 Å². The van der Waals surface area contributed by atoms with E-state index in [2.05, 4.69) is 6.08 Å². The average molecular weight is 81.9 g/mol. The molecule has 1 rings (SSSR count). The molecule has 0 aromatic rings. The molecule has 0 spiro atoms. The largest absolute Gasteiger partial charge is 0.509 e. The standard InChI is InChI=1S/C4H7BO/c5-4-2-1-3-6-4/h2H,1,3,5H2. The van der Waals surface area contributed by atoms with E-state index in [0.29, 0.717) is 0 Å². The zero-order chi connectivity index (χ0) is 4.41. The van der Waals surface area contributed by atoms with Crippen molar-refractivity contribution in [2.24, 2.45) is 0 Å². The lowest BCUT2D eigenvalue weighted by molar-refractivity contribution is 0.268. The van der Waals surface area contributed by atoms with Crippen molar-refractivity contribution >= 4 is 7.85 Å². The summed E-state index contributed by atoms with van der Waals surface area (Å²) in [5, 5.41) is 0. The summed E-state index contributed by atoms with van der Waals surface area (Å²) in [6, 6.07) is 0. The van der Waals surface area contributed by atoms with Gasteiger partial charge in [-0.05, 0) is 0 Å². The fourth-order valence-electron chi connectivity index (χ4n) is 0.541. The molecule has 0 saturated heterocycles. The second kappa shape index (κ2) is 1.37. The lowest BCUT2D eigenvalue weighted by Gasteiger charge is -1.90. The highest BCUT2D eigenvalue weighted by Crippen LogP contribution is 2.02. The first-order valence-electron chi connectivity index (χ1n) is 2.19. The molecule has 0 saturated carbocycles. The molecule has 1 aliphatic heterocycles. The quantitative estimate of drug-likeness (QED) is 0.370. The van der Waals surface area contributed by atoms with Gasteiger partial charge in [-0.2, -0.15) is 0 Å². The molecule has 1 heterocycles. The van der Waals surface area contributed by atoms with E-state index < -0.39 is 0 Å². The fourth-order valence-corrected chi connectivity index (χ4v) is 0.541. The van der Waals surface area contributed by atoms with Gasteiger partial charge in [0, 0.05) is 12.1 Å². The van der Waals surface area contributed by atoms with Crippen LogP contribution in [0.5, 0.6) is 0 Å². The SMILES string of the molecule is BC1=CCCO1. The minimum atomic E-state index is 0.895. The Morgan fingerprint density at radius 2 is 2.67 bits per heavy atom. The molecule has 2 heteroatoms. The summed E-state index contributed by atoms with van der Waals surface area (Å²) in [5.74, 6) is 0. The maximum Gasteiger partial charge on any atom is 0.185 e. The van der Waals surface area contributed by atoms with E-state index in [-0.39, 0.29) is 0 Å². The van der Waals surface area contributed by atoms with Crippen LogP contribution < -0.4 is 0 Å². The Hall–Kier alpha value is -0.395. The van der Waals surface area contributed by atoms with Gasteiger partial charge >= 0.3 is 0 Å². The molecule has 0 unspecified atom stereocenters. The van der Waals surface area contributed by atoms with Gasteiger partial charge < -0.3 is 4.74 Å². The van der Waals surface area contributed by atoms with Gasteiger partial charge in [0.2, 0.25) is 0 Å². The van der Waals surface area contributed by atoms with E-state index >= 15 is 0 Å². The minimum absolute atomic E-state index is 0.895. The predicted molar refractivity (Wildman–Crippen MR) is 27.2 cm³/mol. The molecular weight excluding hydrogens is 74.9 g/mol. The van der Waals surface area contributed by atoms with Gasteiger partial charge in [0.1, 0.15) is 0 Å². The minimum Gasteiger partial charge on any atom is -0.509 e. The van der Waals surface area contributed by atoms with Crippen molar-refractivity contribution in [2.45, 2.75) is 6.42 Å². The van der Waals surface area contributed by atoms with Crippen molar-refractivity contribution in [1.82, 2.24) is 0 Å². The molecule has 0 radical (unpaired) electrons. The van der Waals surface area contributed by atoms with Gasteiger partial charge in [-0.25, -0.2) is 0 Å². The monoisotopic (exact) mass is 82.1 g/mol. The molecule has 1 nitrogen and oxygen atoms in total. The van der Waals surface area contributed by atoms with E-state index in [1.54, 1.807) is 0 Å². The number of hydrogen-bond donors (Lipinski definition) is 0. The Labute approximate surface area is 38.4 Å². The lowest BCUT2D eigenvalue weighted by atomic mass is 10.1. The molecule has 0 aromatic heterocycles. The Morgan fingerprint density at radius 3 is 2.83 bits per heavy atom. The van der Waals surface area contributed by atoms with Crippen LogP contribution in [0, 0.1) is 0 Å². The summed E-state index contributed by atoms with van der Waals surface area (Å²) in [7, 11) is 1.98. The molecule has 6 heavy (non-hydrogen) atoms. The van der Waals surface area contributed by atoms with Gasteiger partial charge in [0.25, 0.3) is 0 Å². The molecule has 0 fully saturated rings. The molecular formula is C4H7BO. The van der Waals surface area contributed by atoms with E-state index in [0.717, 1.165) is 18.7 Å². The Kier molecular flexibility index (Phi) is 0.865. The van der Waals surface area contributed by atoms with Crippen LogP contribution in [0.25, 0.3) is 0 Å². The van der Waals surface area contributed by atoms with Crippen LogP contribution in [0.1, 0.15) is 6.42 Å². The molecule has 0 atom stereocenters. The lowest BCUT2D eigenvalue weighted by Crippen LogP contribution is -1.80. The maximum absolute atomic E-state index is 5.01. The van der Waals surface area contributed by atoms with Gasteiger partial charge in [0.15, 0.2) is 7.85 Å². The van der Waals surface area contributed by atoms with Crippen LogP contribution in [0.3, 0.4) is 0 Å². The third-order valence-electron chi connectivity index (χ3n) is 0.879. The summed E-state index contributed by atoms with van der Waals surface area (Å²) < 4.78 is 5.01. The van der Waals surface area contributed by atoms with Gasteiger partial charge in [-0.1, -0.05) is 6.08 Å². The van der Waals surface area contributed by atoms with Crippen LogP contribution in [0.2, 0.25) is 0 Å². The Balaban J connectivity index is 2.45. The summed E-state index contributed by atoms with van der Waals surface area (Å²) >= 11 is 0. The van der Waals surface area contributed by atoms with Gasteiger partial charge in [0.05, 0.1) is 6.61 Å². The van der Waals surface area contributed by atoms with Crippen LogP contribution in [0.4, 0.5) is 0 Å². The normalized spacial score (nSPS) is 19.7. The number of rotatable bonds is 0.